The summed E-state index contributed by atoms with van der Waals surface area (Å²) in [5.74, 6) is 1.40. The van der Waals surface area contributed by atoms with Crippen LogP contribution in [0.5, 0.6) is 11.5 Å². The zero-order valence-electron chi connectivity index (χ0n) is 19.6. The van der Waals surface area contributed by atoms with E-state index in [2.05, 4.69) is 11.0 Å². The van der Waals surface area contributed by atoms with Gasteiger partial charge >= 0.3 is 0 Å². The van der Waals surface area contributed by atoms with Crippen LogP contribution in [-0.4, -0.2) is 57.5 Å². The second kappa shape index (κ2) is 10.2. The van der Waals surface area contributed by atoms with Gasteiger partial charge in [-0.1, -0.05) is 23.7 Å². The molecule has 0 spiro atoms. The van der Waals surface area contributed by atoms with Gasteiger partial charge in [0.1, 0.15) is 16.4 Å². The van der Waals surface area contributed by atoms with Crippen LogP contribution in [0.1, 0.15) is 36.8 Å². The molecule has 2 aromatic carbocycles. The zero-order valence-corrected chi connectivity index (χ0v) is 21.2. The fourth-order valence-corrected chi connectivity index (χ4v) is 6.35. The van der Waals surface area contributed by atoms with Gasteiger partial charge in [-0.2, -0.15) is 0 Å². The Hall–Kier alpha value is -1.80. The molecule has 2 fully saturated rings. The Balaban J connectivity index is 1.30. The van der Waals surface area contributed by atoms with Crippen LogP contribution < -0.4 is 9.47 Å². The van der Waals surface area contributed by atoms with Crippen molar-refractivity contribution in [3.8, 4) is 11.5 Å². The highest BCUT2D eigenvalue weighted by Crippen LogP contribution is 2.35. The lowest BCUT2D eigenvalue weighted by molar-refractivity contribution is 0.0575. The van der Waals surface area contributed by atoms with Crippen molar-refractivity contribution in [2.45, 2.75) is 50.2 Å². The third-order valence-corrected chi connectivity index (χ3v) is 8.83. The van der Waals surface area contributed by atoms with Crippen molar-refractivity contribution < 1.29 is 17.9 Å². The molecule has 2 aromatic rings. The van der Waals surface area contributed by atoms with Crippen molar-refractivity contribution in [2.75, 3.05) is 33.8 Å². The number of hydrogen-bond donors (Lipinski definition) is 0. The highest BCUT2D eigenvalue weighted by molar-refractivity contribution is 7.89. The number of rotatable bonds is 9. The number of aryl methyl sites for hydroxylation is 1. The van der Waals surface area contributed by atoms with Crippen LogP contribution in [0.4, 0.5) is 0 Å². The maximum atomic E-state index is 13.1. The van der Waals surface area contributed by atoms with Gasteiger partial charge in [-0.15, -0.1) is 0 Å². The van der Waals surface area contributed by atoms with Gasteiger partial charge in [-0.3, -0.25) is 4.90 Å². The fourth-order valence-electron chi connectivity index (χ4n) is 4.64. The minimum Gasteiger partial charge on any atom is -0.495 e. The van der Waals surface area contributed by atoms with Gasteiger partial charge in [0.15, 0.2) is 0 Å². The molecule has 0 bridgehead atoms. The van der Waals surface area contributed by atoms with Crippen molar-refractivity contribution in [2.24, 2.45) is 5.92 Å². The molecule has 8 heteroatoms. The van der Waals surface area contributed by atoms with Crippen LogP contribution in [0.3, 0.4) is 0 Å². The largest absolute Gasteiger partial charge is 0.495 e. The maximum Gasteiger partial charge on any atom is 0.246 e. The lowest BCUT2D eigenvalue weighted by Gasteiger charge is -2.37. The molecule has 6 nitrogen and oxygen atoms in total. The van der Waals surface area contributed by atoms with Gasteiger partial charge in [0, 0.05) is 25.2 Å². The summed E-state index contributed by atoms with van der Waals surface area (Å²) in [5, 5.41) is 0.744. The zero-order chi connectivity index (χ0) is 23.6. The number of benzene rings is 2. The number of sulfonamides is 1. The minimum absolute atomic E-state index is 0.0834. The first-order valence-electron chi connectivity index (χ1n) is 11.5. The number of ether oxygens (including phenoxy) is 2. The standard InChI is InChI=1S/C25H33ClN2O4S/c1-18-6-9-24(31-3)25(12-18)33(29,30)27(2)16-19-13-22(14-19)32-21-8-7-20(23(26)15-21)17-28-10-4-5-11-28/h6-9,12,15,19,22H,4-5,10-11,13-14,16-17H2,1-3H3. The molecule has 180 valence electrons. The Morgan fingerprint density at radius 1 is 1.12 bits per heavy atom. The summed E-state index contributed by atoms with van der Waals surface area (Å²) in [4.78, 5) is 2.64. The molecule has 1 saturated heterocycles. The Morgan fingerprint density at radius 2 is 1.85 bits per heavy atom. The average molecular weight is 493 g/mol. The van der Waals surface area contributed by atoms with Crippen LogP contribution in [0, 0.1) is 12.8 Å². The van der Waals surface area contributed by atoms with Gasteiger partial charge < -0.3 is 9.47 Å². The molecule has 1 aliphatic heterocycles. The van der Waals surface area contributed by atoms with E-state index in [1.165, 1.54) is 24.3 Å². The van der Waals surface area contributed by atoms with Crippen LogP contribution in [0.15, 0.2) is 41.3 Å². The summed E-state index contributed by atoms with van der Waals surface area (Å²) in [6.07, 6.45) is 4.24. The SMILES string of the molecule is COc1ccc(C)cc1S(=O)(=O)N(C)CC1CC(Oc2ccc(CN3CCCC3)c(Cl)c2)C1. The average Bonchev–Trinajstić information content (AvgIpc) is 3.27. The van der Waals surface area contributed by atoms with Crippen molar-refractivity contribution in [3.63, 3.8) is 0 Å². The number of nitrogens with zero attached hydrogens (tertiary/aromatic N) is 2. The van der Waals surface area contributed by atoms with E-state index in [1.54, 1.807) is 19.2 Å². The smallest absolute Gasteiger partial charge is 0.246 e. The summed E-state index contributed by atoms with van der Waals surface area (Å²) < 4.78 is 39.0. The molecule has 1 aliphatic carbocycles. The van der Waals surface area contributed by atoms with Crippen LogP contribution in [0.25, 0.3) is 0 Å². The highest BCUT2D eigenvalue weighted by atomic mass is 35.5. The van der Waals surface area contributed by atoms with Crippen LogP contribution >= 0.6 is 11.6 Å². The van der Waals surface area contributed by atoms with Gasteiger partial charge in [0.05, 0.1) is 13.2 Å². The molecule has 1 heterocycles. The van der Waals surface area contributed by atoms with E-state index in [1.807, 2.05) is 25.1 Å². The van der Waals surface area contributed by atoms with E-state index in [-0.39, 0.29) is 16.9 Å². The first kappa shape index (κ1) is 24.3. The lowest BCUT2D eigenvalue weighted by atomic mass is 9.82. The van der Waals surface area contributed by atoms with Gasteiger partial charge in [-0.05, 0) is 87.0 Å². The van der Waals surface area contributed by atoms with Crippen molar-refractivity contribution >= 4 is 21.6 Å². The summed E-state index contributed by atoms with van der Waals surface area (Å²) in [6, 6.07) is 11.2. The predicted octanol–water partition coefficient (Wildman–Crippen LogP) is 4.73. The molecule has 0 aromatic heterocycles. The number of likely N-dealkylation sites (tertiary alicyclic amines) is 1. The molecule has 0 amide bonds. The van der Waals surface area contributed by atoms with Crippen molar-refractivity contribution in [1.82, 2.24) is 9.21 Å². The molecular weight excluding hydrogens is 460 g/mol. The lowest BCUT2D eigenvalue weighted by Crippen LogP contribution is -2.42. The van der Waals surface area contributed by atoms with Crippen molar-refractivity contribution in [1.29, 1.82) is 0 Å². The monoisotopic (exact) mass is 492 g/mol. The van der Waals surface area contributed by atoms with Crippen molar-refractivity contribution in [3.05, 3.63) is 52.5 Å². The summed E-state index contributed by atoms with van der Waals surface area (Å²) >= 11 is 6.50. The first-order valence-corrected chi connectivity index (χ1v) is 13.4. The highest BCUT2D eigenvalue weighted by Gasteiger charge is 2.35. The normalized spacial score (nSPS) is 21.2. The number of hydrogen-bond acceptors (Lipinski definition) is 5. The second-order valence-corrected chi connectivity index (χ2v) is 11.7. The Morgan fingerprint density at radius 3 is 2.52 bits per heavy atom. The molecule has 2 aliphatic rings. The fraction of sp³-hybridized carbons (Fsp3) is 0.520. The van der Waals surface area contributed by atoms with Gasteiger partial charge in [-0.25, -0.2) is 12.7 Å². The summed E-state index contributed by atoms with van der Waals surface area (Å²) in [5.41, 5.74) is 2.01. The minimum atomic E-state index is -3.63. The Kier molecular flexibility index (Phi) is 7.53. The third kappa shape index (κ3) is 5.65. The van der Waals surface area contributed by atoms with E-state index in [4.69, 9.17) is 21.1 Å². The van der Waals surface area contributed by atoms with E-state index in [0.717, 1.165) is 54.4 Å². The van der Waals surface area contributed by atoms with E-state index >= 15 is 0 Å². The molecule has 1 saturated carbocycles. The number of methoxy groups -OCH3 is 1. The first-order chi connectivity index (χ1) is 15.8. The molecule has 0 N–H and O–H groups in total. The Labute approximate surface area is 202 Å². The van der Waals surface area contributed by atoms with E-state index < -0.39 is 10.0 Å². The van der Waals surface area contributed by atoms with E-state index in [9.17, 15) is 8.42 Å². The van der Waals surface area contributed by atoms with Crippen LogP contribution in [0.2, 0.25) is 5.02 Å². The molecule has 0 radical (unpaired) electrons. The molecular formula is C25H33ClN2O4S. The molecule has 33 heavy (non-hydrogen) atoms. The second-order valence-electron chi connectivity index (χ2n) is 9.25. The van der Waals surface area contributed by atoms with Gasteiger partial charge in [0.2, 0.25) is 10.0 Å². The molecule has 0 atom stereocenters. The maximum absolute atomic E-state index is 13.1. The predicted molar refractivity (Wildman–Crippen MR) is 131 cm³/mol. The summed E-state index contributed by atoms with van der Waals surface area (Å²) in [7, 11) is -0.508. The van der Waals surface area contributed by atoms with E-state index in [0.29, 0.717) is 12.3 Å². The number of halogens is 1. The topological polar surface area (TPSA) is 59.1 Å². The van der Waals surface area contributed by atoms with Gasteiger partial charge in [0.25, 0.3) is 0 Å². The molecule has 4 rings (SSSR count). The molecule has 0 unspecified atom stereocenters. The quantitative estimate of drug-likeness (QED) is 0.506. The third-order valence-electron chi connectivity index (χ3n) is 6.64. The Bertz CT molecular complexity index is 1080. The summed E-state index contributed by atoms with van der Waals surface area (Å²) in [6.45, 7) is 5.49. The van der Waals surface area contributed by atoms with Crippen LogP contribution in [-0.2, 0) is 16.6 Å².